The van der Waals surface area contributed by atoms with Gasteiger partial charge in [0.2, 0.25) is 0 Å². The van der Waals surface area contributed by atoms with Crippen LogP contribution in [0.2, 0.25) is 0 Å². The van der Waals surface area contributed by atoms with E-state index in [1.54, 1.807) is 29.4 Å². The second-order valence-corrected chi connectivity index (χ2v) is 8.65. The van der Waals surface area contributed by atoms with Crippen LogP contribution in [0.5, 0.6) is 0 Å². The highest BCUT2D eigenvalue weighted by Gasteiger charge is 2.39. The van der Waals surface area contributed by atoms with E-state index in [0.29, 0.717) is 35.0 Å². The first-order valence-electron chi connectivity index (χ1n) is 10.2. The standard InChI is InChI=1S/C23H22BrF3N4O/c1-13-6-16(11-28-10-13)14(2)31-5-4-17-18(7-15(9-24)8-19(17)22(31)32)20-12-30(3)29-21(20)23(25,26)27/h6-8,10-12,14H,4-5,9H2,1-3H3/t14-/m0/s1. The van der Waals surface area contributed by atoms with Gasteiger partial charge in [-0.1, -0.05) is 22.0 Å². The summed E-state index contributed by atoms with van der Waals surface area (Å²) in [5.74, 6) is -0.193. The van der Waals surface area contributed by atoms with E-state index in [0.717, 1.165) is 21.4 Å². The number of alkyl halides is 4. The largest absolute Gasteiger partial charge is 0.435 e. The van der Waals surface area contributed by atoms with E-state index in [9.17, 15) is 18.0 Å². The minimum atomic E-state index is -4.59. The Bertz CT molecular complexity index is 1190. The molecule has 2 aromatic heterocycles. The summed E-state index contributed by atoms with van der Waals surface area (Å²) in [7, 11) is 1.46. The summed E-state index contributed by atoms with van der Waals surface area (Å²) in [5, 5.41) is 4.07. The Hall–Kier alpha value is -2.68. The van der Waals surface area contributed by atoms with Crippen molar-refractivity contribution in [3.05, 3.63) is 70.3 Å². The molecule has 3 heterocycles. The maximum absolute atomic E-state index is 13.7. The van der Waals surface area contributed by atoms with Gasteiger partial charge < -0.3 is 4.90 Å². The van der Waals surface area contributed by atoms with Crippen molar-refractivity contribution < 1.29 is 18.0 Å². The molecule has 1 aliphatic heterocycles. The number of nitrogens with zero attached hydrogens (tertiary/aromatic N) is 4. The summed E-state index contributed by atoms with van der Waals surface area (Å²) >= 11 is 3.39. The second kappa shape index (κ2) is 8.35. The average molecular weight is 507 g/mol. The summed E-state index contributed by atoms with van der Waals surface area (Å²) in [4.78, 5) is 19.5. The predicted molar refractivity (Wildman–Crippen MR) is 118 cm³/mol. The number of carbonyl (C=O) groups is 1. The lowest BCUT2D eigenvalue weighted by Crippen LogP contribution is -2.39. The van der Waals surface area contributed by atoms with Gasteiger partial charge in [0.05, 0.1) is 6.04 Å². The van der Waals surface area contributed by atoms with Crippen molar-refractivity contribution in [2.45, 2.75) is 37.8 Å². The molecule has 1 amide bonds. The first-order valence-corrected chi connectivity index (χ1v) is 11.3. The van der Waals surface area contributed by atoms with Gasteiger partial charge >= 0.3 is 6.18 Å². The number of hydrogen-bond donors (Lipinski definition) is 0. The quantitative estimate of drug-likeness (QED) is 0.441. The van der Waals surface area contributed by atoms with Crippen molar-refractivity contribution in [2.75, 3.05) is 6.54 Å². The van der Waals surface area contributed by atoms with Crippen molar-refractivity contribution in [2.24, 2.45) is 7.05 Å². The van der Waals surface area contributed by atoms with Gasteiger partial charge in [-0.05, 0) is 60.2 Å². The number of carbonyl (C=O) groups excluding carboxylic acids is 1. The molecule has 3 aromatic rings. The molecule has 0 fully saturated rings. The van der Waals surface area contributed by atoms with Gasteiger partial charge in [0.15, 0.2) is 5.69 Å². The Morgan fingerprint density at radius 2 is 1.88 bits per heavy atom. The van der Waals surface area contributed by atoms with Crippen LogP contribution >= 0.6 is 15.9 Å². The highest BCUT2D eigenvalue weighted by atomic mass is 79.9. The lowest BCUT2D eigenvalue weighted by molar-refractivity contribution is -0.140. The fourth-order valence-corrected chi connectivity index (χ4v) is 4.57. The molecular weight excluding hydrogens is 485 g/mol. The van der Waals surface area contributed by atoms with Crippen molar-refractivity contribution in [3.8, 4) is 11.1 Å². The number of halogens is 4. The zero-order chi connectivity index (χ0) is 23.2. The zero-order valence-corrected chi connectivity index (χ0v) is 19.5. The van der Waals surface area contributed by atoms with Gasteiger partial charge in [-0.3, -0.25) is 14.5 Å². The molecule has 0 saturated carbocycles. The van der Waals surface area contributed by atoms with Crippen LogP contribution in [0.25, 0.3) is 11.1 Å². The maximum atomic E-state index is 13.7. The third-order valence-corrected chi connectivity index (χ3v) is 6.44. The Morgan fingerprint density at radius 3 is 2.53 bits per heavy atom. The van der Waals surface area contributed by atoms with Crippen LogP contribution in [0.3, 0.4) is 0 Å². The maximum Gasteiger partial charge on any atom is 0.435 e. The Balaban J connectivity index is 1.81. The molecule has 0 bridgehead atoms. The third-order valence-electron chi connectivity index (χ3n) is 5.79. The summed E-state index contributed by atoms with van der Waals surface area (Å²) in [5.41, 5.74) is 3.19. The lowest BCUT2D eigenvalue weighted by Gasteiger charge is -2.35. The minimum Gasteiger partial charge on any atom is -0.331 e. The summed E-state index contributed by atoms with van der Waals surface area (Å²) in [6.45, 7) is 4.29. The van der Waals surface area contributed by atoms with Gasteiger partial charge in [0, 0.05) is 48.6 Å². The summed E-state index contributed by atoms with van der Waals surface area (Å²) < 4.78 is 42.1. The molecule has 0 radical (unpaired) electrons. The van der Waals surface area contributed by atoms with Crippen molar-refractivity contribution in [1.82, 2.24) is 19.7 Å². The van der Waals surface area contributed by atoms with Gasteiger partial charge in [-0.2, -0.15) is 18.3 Å². The number of pyridine rings is 1. The summed E-state index contributed by atoms with van der Waals surface area (Å²) in [6.07, 6.45) is 0.727. The topological polar surface area (TPSA) is 51.0 Å². The third kappa shape index (κ3) is 4.05. The van der Waals surface area contributed by atoms with E-state index in [1.165, 1.54) is 13.2 Å². The average Bonchev–Trinajstić information content (AvgIpc) is 3.15. The molecule has 0 spiro atoms. The van der Waals surface area contributed by atoms with Crippen LogP contribution in [0.4, 0.5) is 13.2 Å². The molecule has 0 saturated heterocycles. The number of amides is 1. The van der Waals surface area contributed by atoms with Gasteiger partial charge in [0.1, 0.15) is 0 Å². The Kier molecular flexibility index (Phi) is 5.87. The van der Waals surface area contributed by atoms with Crippen molar-refractivity contribution >= 4 is 21.8 Å². The van der Waals surface area contributed by atoms with Crippen LogP contribution in [0, 0.1) is 6.92 Å². The summed E-state index contributed by atoms with van der Waals surface area (Å²) in [6, 6.07) is 5.28. The van der Waals surface area contributed by atoms with Crippen molar-refractivity contribution in [1.29, 1.82) is 0 Å². The molecule has 1 aliphatic rings. The van der Waals surface area contributed by atoms with E-state index in [4.69, 9.17) is 0 Å². The smallest absolute Gasteiger partial charge is 0.331 e. The fourth-order valence-electron chi connectivity index (χ4n) is 4.25. The first-order chi connectivity index (χ1) is 15.1. The van der Waals surface area contributed by atoms with Crippen LogP contribution in [0.1, 0.15) is 51.3 Å². The molecule has 168 valence electrons. The van der Waals surface area contributed by atoms with Gasteiger partial charge in [-0.25, -0.2) is 0 Å². The molecule has 1 aromatic carbocycles. The van der Waals surface area contributed by atoms with Crippen molar-refractivity contribution in [3.63, 3.8) is 0 Å². The number of rotatable bonds is 4. The minimum absolute atomic E-state index is 0.00349. The zero-order valence-electron chi connectivity index (χ0n) is 17.9. The Morgan fingerprint density at radius 1 is 1.16 bits per heavy atom. The van der Waals surface area contributed by atoms with E-state index >= 15 is 0 Å². The molecule has 1 atom stereocenters. The normalized spacial score (nSPS) is 15.1. The van der Waals surface area contributed by atoms with E-state index in [1.807, 2.05) is 19.9 Å². The van der Waals surface area contributed by atoms with Crippen LogP contribution in [-0.4, -0.2) is 32.1 Å². The molecule has 32 heavy (non-hydrogen) atoms. The molecule has 0 aliphatic carbocycles. The molecule has 0 N–H and O–H groups in total. The molecule has 0 unspecified atom stereocenters. The number of fused-ring (bicyclic) bond motifs is 1. The first kappa shape index (κ1) is 22.5. The molecule has 9 heteroatoms. The number of hydrogen-bond acceptors (Lipinski definition) is 3. The van der Waals surface area contributed by atoms with Gasteiger partial charge in [-0.15, -0.1) is 0 Å². The SMILES string of the molecule is Cc1cncc([C@H](C)N2CCc3c(cc(CBr)cc3-c3cn(C)nc3C(F)(F)F)C2=O)c1. The monoisotopic (exact) mass is 506 g/mol. The highest BCUT2D eigenvalue weighted by Crippen LogP contribution is 2.40. The fraction of sp³-hybridized carbons (Fsp3) is 0.348. The highest BCUT2D eigenvalue weighted by molar-refractivity contribution is 9.08. The lowest BCUT2D eigenvalue weighted by atomic mass is 9.87. The molecule has 5 nitrogen and oxygen atoms in total. The molecule has 4 rings (SSSR count). The van der Waals surface area contributed by atoms with E-state index < -0.39 is 11.9 Å². The van der Waals surface area contributed by atoms with E-state index in [-0.39, 0.29) is 17.5 Å². The van der Waals surface area contributed by atoms with Crippen LogP contribution in [-0.2, 0) is 25.0 Å². The Labute approximate surface area is 192 Å². The predicted octanol–water partition coefficient (Wildman–Crippen LogP) is 5.46. The number of benzene rings is 1. The van der Waals surface area contributed by atoms with Crippen LogP contribution < -0.4 is 0 Å². The second-order valence-electron chi connectivity index (χ2n) is 8.09. The number of aromatic nitrogens is 3. The van der Waals surface area contributed by atoms with E-state index in [2.05, 4.69) is 26.0 Å². The molecular formula is C23H22BrF3N4O. The van der Waals surface area contributed by atoms with Gasteiger partial charge in [0.25, 0.3) is 5.91 Å². The number of aryl methyl sites for hydroxylation is 2. The van der Waals surface area contributed by atoms with Crippen LogP contribution in [0.15, 0.2) is 36.8 Å².